The first-order valence-corrected chi connectivity index (χ1v) is 8.59. The van der Waals surface area contributed by atoms with Gasteiger partial charge < -0.3 is 10.6 Å². The van der Waals surface area contributed by atoms with Crippen LogP contribution in [0.25, 0.3) is 0 Å². The number of benzene rings is 2. The van der Waals surface area contributed by atoms with E-state index in [1.807, 2.05) is 49.4 Å². The number of carbonyl (C=O) groups is 1. The maximum Gasteiger partial charge on any atom is 0.271 e. The van der Waals surface area contributed by atoms with Crippen LogP contribution in [0, 0.1) is 6.92 Å². The van der Waals surface area contributed by atoms with E-state index in [9.17, 15) is 4.79 Å². The highest BCUT2D eigenvalue weighted by molar-refractivity contribution is 5.91. The van der Waals surface area contributed by atoms with Crippen molar-refractivity contribution in [1.82, 2.24) is 15.3 Å². The van der Waals surface area contributed by atoms with Gasteiger partial charge in [-0.3, -0.25) is 4.79 Å². The van der Waals surface area contributed by atoms with Gasteiger partial charge in [0.1, 0.15) is 11.5 Å². The Kier molecular flexibility index (Phi) is 5.59. The van der Waals surface area contributed by atoms with Crippen LogP contribution in [0.4, 0.5) is 5.82 Å². The van der Waals surface area contributed by atoms with Gasteiger partial charge in [-0.2, -0.15) is 0 Å². The summed E-state index contributed by atoms with van der Waals surface area (Å²) in [5.74, 6) is 0.401. The second kappa shape index (κ2) is 8.25. The Morgan fingerprint density at radius 1 is 1.04 bits per heavy atom. The maximum absolute atomic E-state index is 12.2. The molecule has 5 nitrogen and oxygen atoms in total. The fourth-order valence-electron chi connectivity index (χ4n) is 2.66. The Labute approximate surface area is 153 Å². The van der Waals surface area contributed by atoms with Crippen LogP contribution < -0.4 is 10.6 Å². The summed E-state index contributed by atoms with van der Waals surface area (Å²) in [6.45, 7) is 4.55. The minimum atomic E-state index is -0.235. The molecule has 0 aliphatic carbocycles. The van der Waals surface area contributed by atoms with Crippen molar-refractivity contribution < 1.29 is 4.79 Å². The Hall–Kier alpha value is -3.21. The molecule has 0 fully saturated rings. The number of hydrogen-bond acceptors (Lipinski definition) is 4. The predicted molar refractivity (Wildman–Crippen MR) is 103 cm³/mol. The van der Waals surface area contributed by atoms with E-state index < -0.39 is 0 Å². The first-order valence-electron chi connectivity index (χ1n) is 8.59. The molecule has 3 rings (SSSR count). The first-order chi connectivity index (χ1) is 12.6. The molecule has 132 valence electrons. The topological polar surface area (TPSA) is 66.9 Å². The van der Waals surface area contributed by atoms with Crippen molar-refractivity contribution >= 4 is 11.7 Å². The van der Waals surface area contributed by atoms with Gasteiger partial charge in [-0.1, -0.05) is 60.2 Å². The Bertz CT molecular complexity index is 863. The third-order valence-corrected chi connectivity index (χ3v) is 4.08. The van der Waals surface area contributed by atoms with E-state index in [2.05, 4.69) is 39.7 Å². The third-order valence-electron chi connectivity index (χ3n) is 4.08. The highest BCUT2D eigenvalue weighted by Crippen LogP contribution is 2.16. The van der Waals surface area contributed by atoms with Gasteiger partial charge in [0.25, 0.3) is 5.91 Å². The zero-order valence-electron chi connectivity index (χ0n) is 14.9. The van der Waals surface area contributed by atoms with Crippen LogP contribution in [0.2, 0.25) is 0 Å². The fraction of sp³-hybridized carbons (Fsp3) is 0.190. The van der Waals surface area contributed by atoms with E-state index in [4.69, 9.17) is 0 Å². The summed E-state index contributed by atoms with van der Waals surface area (Å²) in [7, 11) is 0. The molecule has 1 atom stereocenters. The summed E-state index contributed by atoms with van der Waals surface area (Å²) in [5.41, 5.74) is 3.69. The number of aromatic nitrogens is 2. The van der Waals surface area contributed by atoms with Gasteiger partial charge in [0, 0.05) is 12.6 Å². The fourth-order valence-corrected chi connectivity index (χ4v) is 2.66. The lowest BCUT2D eigenvalue weighted by molar-refractivity contribution is 0.0945. The summed E-state index contributed by atoms with van der Waals surface area (Å²) >= 11 is 0. The highest BCUT2D eigenvalue weighted by Gasteiger charge is 2.10. The van der Waals surface area contributed by atoms with E-state index >= 15 is 0 Å². The first kappa shape index (κ1) is 17.6. The quantitative estimate of drug-likeness (QED) is 0.711. The molecule has 0 saturated carbocycles. The standard InChI is InChI=1S/C21H22N4O/c1-15-7-6-8-17(11-15)12-24-21(26)19-13-23-20(14-22-19)25-16(2)18-9-4-3-5-10-18/h3-11,13-14,16H,12H2,1-2H3,(H,23,25)(H,24,26). The lowest BCUT2D eigenvalue weighted by atomic mass is 10.1. The summed E-state index contributed by atoms with van der Waals surface area (Å²) in [5, 5.41) is 6.15. The molecule has 3 aromatic rings. The molecule has 26 heavy (non-hydrogen) atoms. The molecule has 0 aliphatic rings. The summed E-state index contributed by atoms with van der Waals surface area (Å²) in [6.07, 6.45) is 3.08. The van der Waals surface area contributed by atoms with E-state index in [0.29, 0.717) is 18.1 Å². The third kappa shape index (κ3) is 4.66. The van der Waals surface area contributed by atoms with Gasteiger partial charge in [-0.15, -0.1) is 0 Å². The van der Waals surface area contributed by atoms with E-state index in [1.54, 1.807) is 6.20 Å². The smallest absolute Gasteiger partial charge is 0.271 e. The average Bonchev–Trinajstić information content (AvgIpc) is 2.67. The van der Waals surface area contributed by atoms with Crippen molar-refractivity contribution in [3.63, 3.8) is 0 Å². The van der Waals surface area contributed by atoms with Crippen LogP contribution in [0.15, 0.2) is 67.0 Å². The van der Waals surface area contributed by atoms with Crippen molar-refractivity contribution in [3.8, 4) is 0 Å². The Balaban J connectivity index is 1.57. The number of anilines is 1. The number of amides is 1. The average molecular weight is 346 g/mol. The predicted octanol–water partition coefficient (Wildman–Crippen LogP) is 3.89. The van der Waals surface area contributed by atoms with E-state index in [1.165, 1.54) is 11.8 Å². The number of nitrogens with one attached hydrogen (secondary N) is 2. The van der Waals surface area contributed by atoms with Crippen LogP contribution in [-0.4, -0.2) is 15.9 Å². The monoisotopic (exact) mass is 346 g/mol. The molecule has 5 heteroatoms. The van der Waals surface area contributed by atoms with Crippen molar-refractivity contribution in [2.75, 3.05) is 5.32 Å². The van der Waals surface area contributed by atoms with Gasteiger partial charge in [-0.05, 0) is 25.0 Å². The zero-order chi connectivity index (χ0) is 18.4. The largest absolute Gasteiger partial charge is 0.362 e. The van der Waals surface area contributed by atoms with Crippen LogP contribution in [-0.2, 0) is 6.54 Å². The number of nitrogens with zero attached hydrogens (tertiary/aromatic N) is 2. The van der Waals surface area contributed by atoms with Crippen molar-refractivity contribution in [2.24, 2.45) is 0 Å². The molecule has 0 aliphatic heterocycles. The molecule has 0 saturated heterocycles. The Morgan fingerprint density at radius 3 is 2.54 bits per heavy atom. The van der Waals surface area contributed by atoms with Gasteiger partial charge >= 0.3 is 0 Å². The second-order valence-corrected chi connectivity index (χ2v) is 6.24. The van der Waals surface area contributed by atoms with Crippen LogP contribution in [0.5, 0.6) is 0 Å². The SMILES string of the molecule is Cc1cccc(CNC(=O)c2cnc(NC(C)c3ccccc3)cn2)c1. The normalized spacial score (nSPS) is 11.6. The zero-order valence-corrected chi connectivity index (χ0v) is 14.9. The van der Waals surface area contributed by atoms with E-state index in [-0.39, 0.29) is 11.9 Å². The summed E-state index contributed by atoms with van der Waals surface area (Å²) in [4.78, 5) is 20.7. The highest BCUT2D eigenvalue weighted by atomic mass is 16.1. The molecule has 0 radical (unpaired) electrons. The van der Waals surface area contributed by atoms with Gasteiger partial charge in [0.15, 0.2) is 0 Å². The van der Waals surface area contributed by atoms with Gasteiger partial charge in [-0.25, -0.2) is 9.97 Å². The molecular weight excluding hydrogens is 324 g/mol. The van der Waals surface area contributed by atoms with E-state index in [0.717, 1.165) is 11.1 Å². The van der Waals surface area contributed by atoms with Gasteiger partial charge in [0.2, 0.25) is 0 Å². The molecule has 2 N–H and O–H groups in total. The molecular formula is C21H22N4O. The molecule has 2 aromatic carbocycles. The number of carbonyl (C=O) groups excluding carboxylic acids is 1. The van der Waals surface area contributed by atoms with Crippen LogP contribution >= 0.6 is 0 Å². The second-order valence-electron chi connectivity index (χ2n) is 6.24. The molecule has 1 aromatic heterocycles. The van der Waals surface area contributed by atoms with Crippen molar-refractivity contribution in [1.29, 1.82) is 0 Å². The minimum Gasteiger partial charge on any atom is -0.362 e. The summed E-state index contributed by atoms with van der Waals surface area (Å²) in [6, 6.07) is 18.2. The lowest BCUT2D eigenvalue weighted by Gasteiger charge is -2.14. The molecule has 0 bridgehead atoms. The van der Waals surface area contributed by atoms with Crippen molar-refractivity contribution in [2.45, 2.75) is 26.4 Å². The number of aryl methyl sites for hydroxylation is 1. The molecule has 1 unspecified atom stereocenters. The minimum absolute atomic E-state index is 0.103. The van der Waals surface area contributed by atoms with Crippen LogP contribution in [0.3, 0.4) is 0 Å². The number of hydrogen-bond donors (Lipinski definition) is 2. The van der Waals surface area contributed by atoms with Gasteiger partial charge in [0.05, 0.1) is 12.4 Å². The summed E-state index contributed by atoms with van der Waals surface area (Å²) < 4.78 is 0. The molecule has 1 heterocycles. The lowest BCUT2D eigenvalue weighted by Crippen LogP contribution is -2.24. The van der Waals surface area contributed by atoms with Crippen molar-refractivity contribution in [3.05, 3.63) is 89.4 Å². The Morgan fingerprint density at radius 2 is 1.85 bits per heavy atom. The molecule has 1 amide bonds. The molecule has 0 spiro atoms. The van der Waals surface area contributed by atoms with Crippen LogP contribution in [0.1, 0.15) is 40.1 Å². The number of rotatable bonds is 6. The maximum atomic E-state index is 12.2.